The number of methoxy groups -OCH3 is 2. The van der Waals surface area contributed by atoms with Gasteiger partial charge in [-0.25, -0.2) is 12.7 Å². The third-order valence-corrected chi connectivity index (χ3v) is 6.68. The Balaban J connectivity index is 1.91. The van der Waals surface area contributed by atoms with Crippen LogP contribution in [-0.2, 0) is 30.0 Å². The van der Waals surface area contributed by atoms with Crippen molar-refractivity contribution in [3.63, 3.8) is 0 Å². The van der Waals surface area contributed by atoms with E-state index in [0.29, 0.717) is 52.2 Å². The molecule has 0 atom stereocenters. The zero-order chi connectivity index (χ0) is 19.7. The molecule has 0 radical (unpaired) electrons. The fourth-order valence-corrected chi connectivity index (χ4v) is 4.81. The topological polar surface area (TPSA) is 76.2 Å². The summed E-state index contributed by atoms with van der Waals surface area (Å²) in [5, 5.41) is 0. The molecule has 0 saturated carbocycles. The summed E-state index contributed by atoms with van der Waals surface area (Å²) in [6, 6.07) is 9.18. The van der Waals surface area contributed by atoms with Crippen molar-refractivity contribution in [3.8, 4) is 0 Å². The van der Waals surface area contributed by atoms with Crippen LogP contribution in [-0.4, -0.2) is 77.1 Å². The van der Waals surface area contributed by atoms with Gasteiger partial charge in [0.05, 0.1) is 19.0 Å². The number of carbonyl (C=O) groups excluding carboxylic acids is 1. The van der Waals surface area contributed by atoms with Crippen LogP contribution in [0.5, 0.6) is 0 Å². The van der Waals surface area contributed by atoms with Crippen LogP contribution >= 0.6 is 0 Å². The molecule has 0 aliphatic carbocycles. The number of ether oxygens (including phenoxy) is 2. The smallest absolute Gasteiger partial charge is 0.225 e. The molecule has 0 unspecified atom stereocenters. The van der Waals surface area contributed by atoms with Gasteiger partial charge in [0.2, 0.25) is 15.9 Å². The van der Waals surface area contributed by atoms with Crippen molar-refractivity contribution in [2.45, 2.75) is 18.6 Å². The molecule has 1 amide bonds. The molecular weight excluding hydrogens is 368 g/mol. The minimum absolute atomic E-state index is 0.000254. The zero-order valence-corrected chi connectivity index (χ0v) is 17.0. The molecule has 0 N–H and O–H groups in total. The van der Waals surface area contributed by atoms with Gasteiger partial charge < -0.3 is 14.4 Å². The zero-order valence-electron chi connectivity index (χ0n) is 16.2. The number of hydrogen-bond donors (Lipinski definition) is 0. The molecule has 27 heavy (non-hydrogen) atoms. The first-order valence-electron chi connectivity index (χ1n) is 9.26. The van der Waals surface area contributed by atoms with E-state index in [-0.39, 0.29) is 17.6 Å². The van der Waals surface area contributed by atoms with Gasteiger partial charge in [-0.3, -0.25) is 4.79 Å². The van der Waals surface area contributed by atoms with E-state index >= 15 is 0 Å². The van der Waals surface area contributed by atoms with Crippen molar-refractivity contribution in [1.82, 2.24) is 9.21 Å². The van der Waals surface area contributed by atoms with E-state index in [1.165, 1.54) is 4.31 Å². The van der Waals surface area contributed by atoms with E-state index in [1.54, 1.807) is 19.1 Å². The van der Waals surface area contributed by atoms with E-state index in [2.05, 4.69) is 0 Å². The number of nitrogens with zero attached hydrogens (tertiary/aromatic N) is 2. The minimum atomic E-state index is -3.37. The highest BCUT2D eigenvalue weighted by molar-refractivity contribution is 7.88. The van der Waals surface area contributed by atoms with E-state index in [1.807, 2.05) is 30.3 Å². The normalized spacial score (nSPS) is 16.4. The highest BCUT2D eigenvalue weighted by Crippen LogP contribution is 2.23. The Labute approximate surface area is 162 Å². The van der Waals surface area contributed by atoms with Crippen molar-refractivity contribution in [2.24, 2.45) is 5.92 Å². The van der Waals surface area contributed by atoms with Crippen molar-refractivity contribution < 1.29 is 22.7 Å². The van der Waals surface area contributed by atoms with Crippen LogP contribution in [0.3, 0.4) is 0 Å². The van der Waals surface area contributed by atoms with E-state index < -0.39 is 10.0 Å². The van der Waals surface area contributed by atoms with Gasteiger partial charge in [0.1, 0.15) is 0 Å². The third kappa shape index (κ3) is 6.57. The maximum absolute atomic E-state index is 12.8. The average molecular weight is 399 g/mol. The van der Waals surface area contributed by atoms with Crippen molar-refractivity contribution in [1.29, 1.82) is 0 Å². The van der Waals surface area contributed by atoms with Crippen molar-refractivity contribution >= 4 is 15.9 Å². The summed E-state index contributed by atoms with van der Waals surface area (Å²) in [5.74, 6) is -0.0913. The lowest BCUT2D eigenvalue weighted by atomic mass is 9.96. The molecule has 1 saturated heterocycles. The highest BCUT2D eigenvalue weighted by atomic mass is 32.2. The maximum atomic E-state index is 12.8. The van der Waals surface area contributed by atoms with Crippen molar-refractivity contribution in [3.05, 3.63) is 35.9 Å². The molecule has 1 heterocycles. The summed E-state index contributed by atoms with van der Waals surface area (Å²) in [5.41, 5.74) is 0.779. The average Bonchev–Trinajstić information content (AvgIpc) is 2.68. The van der Waals surface area contributed by atoms with Crippen LogP contribution in [0.1, 0.15) is 18.4 Å². The van der Waals surface area contributed by atoms with Gasteiger partial charge in [-0.2, -0.15) is 0 Å². The first-order chi connectivity index (χ1) is 13.0. The van der Waals surface area contributed by atoms with Crippen LogP contribution in [0.15, 0.2) is 30.3 Å². The van der Waals surface area contributed by atoms with Gasteiger partial charge in [-0.15, -0.1) is 0 Å². The van der Waals surface area contributed by atoms with Crippen molar-refractivity contribution in [2.75, 3.05) is 53.6 Å². The Kier molecular flexibility index (Phi) is 8.69. The van der Waals surface area contributed by atoms with Crippen LogP contribution in [0.4, 0.5) is 0 Å². The molecule has 152 valence electrons. The number of benzene rings is 1. The highest BCUT2D eigenvalue weighted by Gasteiger charge is 2.32. The number of hydrogen-bond acceptors (Lipinski definition) is 5. The Hall–Kier alpha value is -1.48. The molecule has 1 fully saturated rings. The Morgan fingerprint density at radius 2 is 1.63 bits per heavy atom. The first-order valence-corrected chi connectivity index (χ1v) is 10.9. The van der Waals surface area contributed by atoms with Crippen LogP contribution in [0, 0.1) is 5.92 Å². The summed E-state index contributed by atoms with van der Waals surface area (Å²) in [6.07, 6.45) is 1.09. The molecule has 1 aliphatic rings. The SMILES string of the molecule is COCCN(CCOC)C(=O)C1CCN(S(=O)(=O)Cc2ccccc2)CC1. The third-order valence-electron chi connectivity index (χ3n) is 4.83. The van der Waals surface area contributed by atoms with Crippen LogP contribution < -0.4 is 0 Å². The molecule has 0 aromatic heterocycles. The van der Waals surface area contributed by atoms with Gasteiger partial charge in [0, 0.05) is 46.3 Å². The fraction of sp³-hybridized carbons (Fsp3) is 0.632. The van der Waals surface area contributed by atoms with E-state index in [0.717, 1.165) is 5.56 Å². The lowest BCUT2D eigenvalue weighted by Crippen LogP contribution is -2.46. The summed E-state index contributed by atoms with van der Waals surface area (Å²) < 4.78 is 37.0. The molecule has 0 spiro atoms. The number of rotatable bonds is 10. The standard InChI is InChI=1S/C19H30N2O5S/c1-25-14-12-20(13-15-26-2)19(22)18-8-10-21(11-9-18)27(23,24)16-17-6-4-3-5-7-17/h3-7,18H,8-16H2,1-2H3. The first kappa shape index (κ1) is 21.8. The monoisotopic (exact) mass is 398 g/mol. The Morgan fingerprint density at radius 3 is 2.15 bits per heavy atom. The lowest BCUT2D eigenvalue weighted by Gasteiger charge is -2.33. The summed E-state index contributed by atoms with van der Waals surface area (Å²) in [7, 11) is -0.153. The number of carbonyl (C=O) groups is 1. The molecular formula is C19H30N2O5S. The molecule has 1 aromatic carbocycles. The predicted octanol–water partition coefficient (Wildman–Crippen LogP) is 1.35. The van der Waals surface area contributed by atoms with E-state index in [4.69, 9.17) is 9.47 Å². The molecule has 7 nitrogen and oxygen atoms in total. The number of amides is 1. The minimum Gasteiger partial charge on any atom is -0.383 e. The van der Waals surface area contributed by atoms with Crippen LogP contribution in [0.2, 0.25) is 0 Å². The molecule has 8 heteroatoms. The second-order valence-electron chi connectivity index (χ2n) is 6.73. The summed E-state index contributed by atoms with van der Waals surface area (Å²) in [6.45, 7) is 2.75. The van der Waals surface area contributed by atoms with Gasteiger partial charge in [0.15, 0.2) is 0 Å². The number of piperidine rings is 1. The quantitative estimate of drug-likeness (QED) is 0.595. The van der Waals surface area contributed by atoms with Crippen LogP contribution in [0.25, 0.3) is 0 Å². The molecule has 1 aliphatic heterocycles. The largest absolute Gasteiger partial charge is 0.383 e. The fourth-order valence-electron chi connectivity index (χ4n) is 3.25. The lowest BCUT2D eigenvalue weighted by molar-refractivity contribution is -0.138. The summed E-state index contributed by atoms with van der Waals surface area (Å²) >= 11 is 0. The van der Waals surface area contributed by atoms with E-state index in [9.17, 15) is 13.2 Å². The Morgan fingerprint density at radius 1 is 1.07 bits per heavy atom. The Bertz CT molecular complexity index is 665. The number of sulfonamides is 1. The summed E-state index contributed by atoms with van der Waals surface area (Å²) in [4.78, 5) is 14.6. The second-order valence-corrected chi connectivity index (χ2v) is 8.69. The second kappa shape index (κ2) is 10.8. The molecule has 1 aromatic rings. The van der Waals surface area contributed by atoms with Gasteiger partial charge >= 0.3 is 0 Å². The van der Waals surface area contributed by atoms with Gasteiger partial charge in [-0.05, 0) is 18.4 Å². The van der Waals surface area contributed by atoms with Gasteiger partial charge in [0.25, 0.3) is 0 Å². The maximum Gasteiger partial charge on any atom is 0.225 e. The molecule has 2 rings (SSSR count). The predicted molar refractivity (Wildman–Crippen MR) is 104 cm³/mol. The molecule has 0 bridgehead atoms. The van der Waals surface area contributed by atoms with Gasteiger partial charge in [-0.1, -0.05) is 30.3 Å².